The van der Waals surface area contributed by atoms with Crippen LogP contribution in [-0.4, -0.2) is 25.7 Å². The van der Waals surface area contributed by atoms with Crippen LogP contribution in [-0.2, 0) is 29.1 Å². The van der Waals surface area contributed by atoms with E-state index in [1.807, 2.05) is 6.07 Å². The van der Waals surface area contributed by atoms with Crippen LogP contribution in [0, 0.1) is 5.92 Å². The Morgan fingerprint density at radius 1 is 1.31 bits per heavy atom. The number of aromatic nitrogens is 4. The van der Waals surface area contributed by atoms with Crippen molar-refractivity contribution in [3.8, 4) is 0 Å². The summed E-state index contributed by atoms with van der Waals surface area (Å²) >= 11 is 0. The van der Waals surface area contributed by atoms with Crippen molar-refractivity contribution in [1.82, 2.24) is 19.7 Å². The number of nitrogens with zero attached hydrogens (tertiary/aromatic N) is 4. The first-order valence-corrected chi connectivity index (χ1v) is 8.44. The molecule has 0 N–H and O–H groups in total. The number of carbonyl (C=O) groups excluding carboxylic acids is 1. The van der Waals surface area contributed by atoms with E-state index in [9.17, 15) is 9.59 Å². The lowest BCUT2D eigenvalue weighted by atomic mass is 10.1. The Morgan fingerprint density at radius 2 is 2.12 bits per heavy atom. The topological polar surface area (TPSA) is 100 Å². The third kappa shape index (κ3) is 4.33. The standard InChI is InChI=1S/C18H20N4O4/c1-12(2)9-15-20-16(26-21-15)10-25-17(23)7-8-22-11-19-14-6-4-3-5-13(14)18(22)24/h3-6,11-12H,7-10H2,1-2H3. The van der Waals surface area contributed by atoms with E-state index >= 15 is 0 Å². The highest BCUT2D eigenvalue weighted by Crippen LogP contribution is 2.07. The third-order valence-electron chi connectivity index (χ3n) is 3.75. The molecule has 2 aromatic heterocycles. The second-order valence-corrected chi connectivity index (χ2v) is 6.37. The molecule has 1 aromatic carbocycles. The number of aryl methyl sites for hydroxylation is 1. The predicted octanol–water partition coefficient (Wildman–Crippen LogP) is 2.11. The molecule has 26 heavy (non-hydrogen) atoms. The minimum Gasteiger partial charge on any atom is -0.456 e. The fourth-order valence-electron chi connectivity index (χ4n) is 2.49. The van der Waals surface area contributed by atoms with Crippen molar-refractivity contribution in [3.63, 3.8) is 0 Å². The summed E-state index contributed by atoms with van der Waals surface area (Å²) in [5.41, 5.74) is 0.448. The molecule has 136 valence electrons. The van der Waals surface area contributed by atoms with Gasteiger partial charge in [0.05, 0.1) is 23.7 Å². The van der Waals surface area contributed by atoms with Crippen LogP contribution < -0.4 is 5.56 Å². The van der Waals surface area contributed by atoms with Gasteiger partial charge in [0.2, 0.25) is 0 Å². The summed E-state index contributed by atoms with van der Waals surface area (Å²) in [6, 6.07) is 7.08. The average Bonchev–Trinajstić information content (AvgIpc) is 3.06. The number of benzene rings is 1. The van der Waals surface area contributed by atoms with Gasteiger partial charge in [0.1, 0.15) is 0 Å². The molecule has 0 saturated heterocycles. The molecule has 0 aliphatic rings. The molecule has 8 nitrogen and oxygen atoms in total. The fourth-order valence-corrected chi connectivity index (χ4v) is 2.49. The zero-order chi connectivity index (χ0) is 18.5. The molecule has 0 radical (unpaired) electrons. The smallest absolute Gasteiger partial charge is 0.308 e. The van der Waals surface area contributed by atoms with Gasteiger partial charge in [0.25, 0.3) is 11.4 Å². The molecule has 0 fully saturated rings. The molecule has 0 atom stereocenters. The minimum atomic E-state index is -0.450. The number of carbonyl (C=O) groups is 1. The molecule has 0 aliphatic carbocycles. The van der Waals surface area contributed by atoms with Crippen LogP contribution in [0.3, 0.4) is 0 Å². The van der Waals surface area contributed by atoms with E-state index in [1.54, 1.807) is 18.2 Å². The molecule has 0 spiro atoms. The largest absolute Gasteiger partial charge is 0.456 e. The molecule has 3 aromatic rings. The first kappa shape index (κ1) is 17.8. The maximum atomic E-state index is 12.3. The van der Waals surface area contributed by atoms with Crippen LogP contribution >= 0.6 is 0 Å². The monoisotopic (exact) mass is 356 g/mol. The maximum Gasteiger partial charge on any atom is 0.308 e. The van der Waals surface area contributed by atoms with Gasteiger partial charge in [0, 0.05) is 13.0 Å². The lowest BCUT2D eigenvalue weighted by Gasteiger charge is -2.06. The van der Waals surface area contributed by atoms with Gasteiger partial charge < -0.3 is 9.26 Å². The molecular formula is C18H20N4O4. The van der Waals surface area contributed by atoms with Crippen LogP contribution in [0.1, 0.15) is 32.0 Å². The SMILES string of the molecule is CC(C)Cc1noc(COC(=O)CCn2cnc3ccccc3c2=O)n1. The van der Waals surface area contributed by atoms with Gasteiger partial charge in [-0.2, -0.15) is 4.98 Å². The van der Waals surface area contributed by atoms with E-state index in [-0.39, 0.29) is 31.0 Å². The number of esters is 1. The molecule has 0 unspecified atom stereocenters. The Balaban J connectivity index is 1.54. The van der Waals surface area contributed by atoms with Crippen molar-refractivity contribution in [2.24, 2.45) is 5.92 Å². The van der Waals surface area contributed by atoms with Crippen molar-refractivity contribution < 1.29 is 14.1 Å². The van der Waals surface area contributed by atoms with Crippen molar-refractivity contribution in [1.29, 1.82) is 0 Å². The first-order chi connectivity index (χ1) is 12.5. The number of hydrogen-bond donors (Lipinski definition) is 0. The lowest BCUT2D eigenvalue weighted by Crippen LogP contribution is -2.22. The van der Waals surface area contributed by atoms with E-state index in [4.69, 9.17) is 9.26 Å². The summed E-state index contributed by atoms with van der Waals surface area (Å²) < 4.78 is 11.6. The Morgan fingerprint density at radius 3 is 2.92 bits per heavy atom. The van der Waals surface area contributed by atoms with Gasteiger partial charge in [-0.3, -0.25) is 14.2 Å². The second kappa shape index (κ2) is 7.90. The molecular weight excluding hydrogens is 336 g/mol. The van der Waals surface area contributed by atoms with Crippen LogP contribution in [0.5, 0.6) is 0 Å². The highest BCUT2D eigenvalue weighted by atomic mass is 16.6. The summed E-state index contributed by atoms with van der Waals surface area (Å²) in [7, 11) is 0. The summed E-state index contributed by atoms with van der Waals surface area (Å²) in [5.74, 6) is 0.823. The highest BCUT2D eigenvalue weighted by molar-refractivity contribution is 5.77. The first-order valence-electron chi connectivity index (χ1n) is 8.44. The molecule has 0 aliphatic heterocycles. The van der Waals surface area contributed by atoms with E-state index in [0.29, 0.717) is 29.1 Å². The van der Waals surface area contributed by atoms with Crippen molar-refractivity contribution in [3.05, 3.63) is 52.7 Å². The van der Waals surface area contributed by atoms with Crippen LogP contribution in [0.25, 0.3) is 10.9 Å². The summed E-state index contributed by atoms with van der Waals surface area (Å²) in [4.78, 5) is 32.6. The number of para-hydroxylation sites is 1. The molecule has 0 saturated carbocycles. The second-order valence-electron chi connectivity index (χ2n) is 6.37. The van der Waals surface area contributed by atoms with Crippen molar-refractivity contribution >= 4 is 16.9 Å². The van der Waals surface area contributed by atoms with E-state index in [1.165, 1.54) is 10.9 Å². The number of hydrogen-bond acceptors (Lipinski definition) is 7. The zero-order valence-corrected chi connectivity index (χ0v) is 14.7. The van der Waals surface area contributed by atoms with E-state index in [0.717, 1.165) is 0 Å². The maximum absolute atomic E-state index is 12.3. The van der Waals surface area contributed by atoms with Crippen LogP contribution in [0.2, 0.25) is 0 Å². The minimum absolute atomic E-state index is 0.0485. The fraction of sp³-hybridized carbons (Fsp3) is 0.389. The molecule has 2 heterocycles. The summed E-state index contributed by atoms with van der Waals surface area (Å²) in [6.07, 6.45) is 2.19. The van der Waals surface area contributed by atoms with Gasteiger partial charge in [0.15, 0.2) is 12.4 Å². The van der Waals surface area contributed by atoms with E-state index < -0.39 is 5.97 Å². The van der Waals surface area contributed by atoms with Crippen LogP contribution in [0.15, 0.2) is 39.9 Å². The molecule has 3 rings (SSSR count). The van der Waals surface area contributed by atoms with Gasteiger partial charge in [-0.25, -0.2) is 4.98 Å². The Hall–Kier alpha value is -3.03. The molecule has 0 bridgehead atoms. The van der Waals surface area contributed by atoms with Gasteiger partial charge in [-0.05, 0) is 18.1 Å². The molecule has 0 amide bonds. The van der Waals surface area contributed by atoms with Crippen molar-refractivity contribution in [2.45, 2.75) is 39.8 Å². The Bertz CT molecular complexity index is 961. The number of ether oxygens (including phenoxy) is 1. The van der Waals surface area contributed by atoms with Gasteiger partial charge >= 0.3 is 5.97 Å². The zero-order valence-electron chi connectivity index (χ0n) is 14.7. The highest BCUT2D eigenvalue weighted by Gasteiger charge is 2.11. The number of fused-ring (bicyclic) bond motifs is 1. The quantitative estimate of drug-likeness (QED) is 0.598. The van der Waals surface area contributed by atoms with Crippen LogP contribution in [0.4, 0.5) is 0 Å². The Kier molecular flexibility index (Phi) is 5.40. The third-order valence-corrected chi connectivity index (χ3v) is 3.75. The van der Waals surface area contributed by atoms with Crippen molar-refractivity contribution in [2.75, 3.05) is 0 Å². The summed E-state index contributed by atoms with van der Waals surface area (Å²) in [6.45, 7) is 4.23. The van der Waals surface area contributed by atoms with Gasteiger partial charge in [-0.15, -0.1) is 0 Å². The Labute approximate surface area is 149 Å². The summed E-state index contributed by atoms with van der Waals surface area (Å²) in [5, 5.41) is 4.36. The van der Waals surface area contributed by atoms with E-state index in [2.05, 4.69) is 29.0 Å². The van der Waals surface area contributed by atoms with Gasteiger partial charge in [-0.1, -0.05) is 31.1 Å². The molecule has 8 heteroatoms. The normalized spacial score (nSPS) is 11.2. The average molecular weight is 356 g/mol. The lowest BCUT2D eigenvalue weighted by molar-refractivity contribution is -0.146. The predicted molar refractivity (Wildman–Crippen MR) is 93.3 cm³/mol. The number of rotatable bonds is 7.